The molecular weight excluding hydrogens is 401 g/mol. The third-order valence-electron chi connectivity index (χ3n) is 5.80. The van der Waals surface area contributed by atoms with Crippen molar-refractivity contribution in [3.63, 3.8) is 0 Å². The van der Waals surface area contributed by atoms with Crippen molar-refractivity contribution in [1.82, 2.24) is 0 Å². The molecule has 0 spiro atoms. The van der Waals surface area contributed by atoms with Crippen molar-refractivity contribution in [3.05, 3.63) is 72.8 Å². The molecule has 0 aliphatic rings. The van der Waals surface area contributed by atoms with Crippen molar-refractivity contribution in [2.24, 2.45) is 0 Å². The van der Waals surface area contributed by atoms with E-state index in [0.29, 0.717) is 0 Å². The van der Waals surface area contributed by atoms with Gasteiger partial charge in [0.2, 0.25) is 0 Å². The van der Waals surface area contributed by atoms with E-state index in [1.807, 2.05) is 88.9 Å². The standard InChI is InChI=1S/C26H34N3OP/c1-7-29(8-2)23-13-19-26(20-14-23)31(30,24-15-9-21(10-16-24)27(3)4)25-17-11-22(12-18-25)28(5)6/h9-20H,7-8H2,1-6H3. The Balaban J connectivity index is 2.13. The molecule has 0 amide bonds. The molecule has 0 radical (unpaired) electrons. The zero-order valence-corrected chi connectivity index (χ0v) is 20.4. The van der Waals surface area contributed by atoms with Crippen molar-refractivity contribution in [2.45, 2.75) is 13.8 Å². The van der Waals surface area contributed by atoms with Crippen LogP contribution in [-0.4, -0.2) is 41.3 Å². The van der Waals surface area contributed by atoms with E-state index in [2.05, 4.69) is 40.7 Å². The second-order valence-electron chi connectivity index (χ2n) is 8.12. The molecular formula is C26H34N3OP. The monoisotopic (exact) mass is 435 g/mol. The number of rotatable bonds is 8. The van der Waals surface area contributed by atoms with Gasteiger partial charge in [0, 0.05) is 74.3 Å². The fourth-order valence-corrected chi connectivity index (χ4v) is 6.43. The molecule has 31 heavy (non-hydrogen) atoms. The molecule has 0 fully saturated rings. The second kappa shape index (κ2) is 9.62. The summed E-state index contributed by atoms with van der Waals surface area (Å²) >= 11 is 0. The van der Waals surface area contributed by atoms with Crippen LogP contribution in [-0.2, 0) is 4.57 Å². The number of nitrogens with zero attached hydrogens (tertiary/aromatic N) is 3. The largest absolute Gasteiger partial charge is 0.378 e. The SMILES string of the molecule is CCN(CC)c1ccc(P(=O)(c2ccc(N(C)C)cc2)c2ccc(N(C)C)cc2)cc1. The summed E-state index contributed by atoms with van der Waals surface area (Å²) in [5, 5.41) is 2.57. The fourth-order valence-electron chi connectivity index (χ4n) is 3.83. The van der Waals surface area contributed by atoms with Crippen LogP contribution in [0.1, 0.15) is 13.8 Å². The molecule has 0 N–H and O–H groups in total. The summed E-state index contributed by atoms with van der Waals surface area (Å²) < 4.78 is 14.8. The lowest BCUT2D eigenvalue weighted by Gasteiger charge is -2.24. The molecule has 0 atom stereocenters. The average Bonchev–Trinajstić information content (AvgIpc) is 2.80. The molecule has 0 aliphatic carbocycles. The van der Waals surface area contributed by atoms with Crippen LogP contribution in [0.4, 0.5) is 17.1 Å². The van der Waals surface area contributed by atoms with Gasteiger partial charge in [-0.2, -0.15) is 0 Å². The zero-order valence-electron chi connectivity index (χ0n) is 19.5. The molecule has 0 aliphatic heterocycles. The van der Waals surface area contributed by atoms with E-state index in [9.17, 15) is 4.57 Å². The Morgan fingerprint density at radius 2 is 0.839 bits per heavy atom. The minimum absolute atomic E-state index is 0.853. The van der Waals surface area contributed by atoms with Gasteiger partial charge in [0.05, 0.1) is 0 Å². The van der Waals surface area contributed by atoms with Crippen LogP contribution in [0.15, 0.2) is 72.8 Å². The number of benzene rings is 3. The lowest BCUT2D eigenvalue weighted by atomic mass is 10.3. The summed E-state index contributed by atoms with van der Waals surface area (Å²) in [5.74, 6) is 0. The van der Waals surface area contributed by atoms with E-state index in [1.165, 1.54) is 0 Å². The van der Waals surface area contributed by atoms with Gasteiger partial charge in [0.1, 0.15) is 0 Å². The van der Waals surface area contributed by atoms with Gasteiger partial charge < -0.3 is 19.3 Å². The molecule has 4 nitrogen and oxygen atoms in total. The van der Waals surface area contributed by atoms with Crippen LogP contribution in [0.5, 0.6) is 0 Å². The Morgan fingerprint density at radius 1 is 0.548 bits per heavy atom. The Kier molecular flexibility index (Phi) is 7.12. The first-order chi connectivity index (χ1) is 14.8. The minimum atomic E-state index is -3.00. The van der Waals surface area contributed by atoms with Gasteiger partial charge in [-0.1, -0.05) is 0 Å². The lowest BCUT2D eigenvalue weighted by molar-refractivity contribution is 0.592. The molecule has 164 valence electrons. The third-order valence-corrected chi connectivity index (χ3v) is 8.88. The van der Waals surface area contributed by atoms with Crippen LogP contribution in [0.2, 0.25) is 0 Å². The predicted octanol–water partition coefficient (Wildman–Crippen LogP) is 4.30. The molecule has 0 saturated heterocycles. The minimum Gasteiger partial charge on any atom is -0.378 e. The summed E-state index contributed by atoms with van der Waals surface area (Å²) in [6.45, 7) is 6.21. The van der Waals surface area contributed by atoms with Crippen molar-refractivity contribution >= 4 is 40.1 Å². The Morgan fingerprint density at radius 3 is 1.10 bits per heavy atom. The van der Waals surface area contributed by atoms with Crippen LogP contribution in [0.3, 0.4) is 0 Å². The van der Waals surface area contributed by atoms with E-state index in [4.69, 9.17) is 0 Å². The first-order valence-corrected chi connectivity index (χ1v) is 12.5. The first-order valence-electron chi connectivity index (χ1n) is 10.8. The number of anilines is 3. The fraction of sp³-hybridized carbons (Fsp3) is 0.308. The highest BCUT2D eigenvalue weighted by Gasteiger charge is 2.30. The van der Waals surface area contributed by atoms with Crippen molar-refractivity contribution in [2.75, 3.05) is 56.0 Å². The van der Waals surface area contributed by atoms with Gasteiger partial charge >= 0.3 is 0 Å². The van der Waals surface area contributed by atoms with Gasteiger partial charge in [-0.3, -0.25) is 0 Å². The molecule has 0 saturated carbocycles. The maximum absolute atomic E-state index is 14.8. The van der Waals surface area contributed by atoms with Gasteiger partial charge in [-0.15, -0.1) is 0 Å². The summed E-state index contributed by atoms with van der Waals surface area (Å²) in [4.78, 5) is 6.41. The summed E-state index contributed by atoms with van der Waals surface area (Å²) in [7, 11) is 5.06. The highest BCUT2D eigenvalue weighted by Crippen LogP contribution is 2.43. The van der Waals surface area contributed by atoms with Crippen molar-refractivity contribution in [1.29, 1.82) is 0 Å². The smallest absolute Gasteiger partial charge is 0.171 e. The van der Waals surface area contributed by atoms with Crippen molar-refractivity contribution < 1.29 is 4.57 Å². The Hall–Kier alpha value is -2.71. The van der Waals surface area contributed by atoms with Crippen LogP contribution < -0.4 is 30.6 Å². The summed E-state index contributed by atoms with van der Waals surface area (Å²) in [6.07, 6.45) is 0. The number of hydrogen-bond acceptors (Lipinski definition) is 4. The summed E-state index contributed by atoms with van der Waals surface area (Å²) in [5.41, 5.74) is 3.34. The van der Waals surface area contributed by atoms with Gasteiger partial charge in [-0.25, -0.2) is 0 Å². The van der Waals surface area contributed by atoms with Gasteiger partial charge in [-0.05, 0) is 86.6 Å². The summed E-state index contributed by atoms with van der Waals surface area (Å²) in [6, 6.07) is 24.5. The Bertz CT molecular complexity index is 966. The normalized spacial score (nSPS) is 11.3. The number of hydrogen-bond donors (Lipinski definition) is 0. The van der Waals surface area contributed by atoms with E-state index < -0.39 is 7.14 Å². The lowest BCUT2D eigenvalue weighted by Crippen LogP contribution is -2.26. The second-order valence-corrected chi connectivity index (χ2v) is 10.9. The predicted molar refractivity (Wildman–Crippen MR) is 138 cm³/mol. The quantitative estimate of drug-likeness (QED) is 0.493. The van der Waals surface area contributed by atoms with E-state index in [-0.39, 0.29) is 0 Å². The van der Waals surface area contributed by atoms with Crippen LogP contribution >= 0.6 is 7.14 Å². The topological polar surface area (TPSA) is 26.8 Å². The molecule has 0 unspecified atom stereocenters. The average molecular weight is 436 g/mol. The maximum Gasteiger partial charge on any atom is 0.171 e. The Labute approximate surface area is 187 Å². The van der Waals surface area contributed by atoms with E-state index in [0.717, 1.165) is 46.1 Å². The van der Waals surface area contributed by atoms with Crippen molar-refractivity contribution in [3.8, 4) is 0 Å². The maximum atomic E-state index is 14.8. The van der Waals surface area contributed by atoms with E-state index >= 15 is 0 Å². The van der Waals surface area contributed by atoms with Gasteiger partial charge in [0.15, 0.2) is 7.14 Å². The zero-order chi connectivity index (χ0) is 22.6. The third kappa shape index (κ3) is 4.65. The molecule has 0 heterocycles. The molecule has 5 heteroatoms. The molecule has 0 aromatic heterocycles. The highest BCUT2D eigenvalue weighted by molar-refractivity contribution is 7.85. The molecule has 0 bridgehead atoms. The first kappa shape index (κ1) is 23.0. The molecule has 3 aromatic carbocycles. The highest BCUT2D eigenvalue weighted by atomic mass is 31.2. The molecule has 3 rings (SSSR count). The van der Waals surface area contributed by atoms with E-state index in [1.54, 1.807) is 0 Å². The van der Waals surface area contributed by atoms with Crippen LogP contribution in [0, 0.1) is 0 Å². The van der Waals surface area contributed by atoms with Crippen LogP contribution in [0.25, 0.3) is 0 Å². The van der Waals surface area contributed by atoms with Gasteiger partial charge in [0.25, 0.3) is 0 Å². The molecule has 3 aromatic rings.